The second-order valence-electron chi connectivity index (χ2n) is 10.8. The number of hydrogen-bond donors (Lipinski definition) is 0. The number of aryl methyl sites for hydroxylation is 2. The van der Waals surface area contributed by atoms with E-state index in [-0.39, 0.29) is 0 Å². The first-order chi connectivity index (χ1) is 14.7. The van der Waals surface area contributed by atoms with Gasteiger partial charge < -0.3 is 13.9 Å². The molecule has 2 aromatic carbocycles. The molecule has 0 unspecified atom stereocenters. The Morgan fingerprint density at radius 3 is 1.12 bits per heavy atom. The van der Waals surface area contributed by atoms with Crippen LogP contribution in [0, 0.1) is 27.9 Å². The molecule has 0 spiro atoms. The topological polar surface area (TPSA) is 3.24 Å². The summed E-state index contributed by atoms with van der Waals surface area (Å²) in [7, 11) is 11.7. The van der Waals surface area contributed by atoms with Crippen molar-refractivity contribution in [2.75, 3.05) is 11.9 Å². The molecule has 0 aliphatic rings. The number of hydrogen-bond acceptors (Lipinski definition) is 1. The standard InChI is InChI=1S/C29H47N3/c1-20(2)31(12,21(3)4)28-18-24(9)14-16-26(28)30(11)27-17-15-25(10)19-29(27)32(13,22(5)6)23(7)8/h14-23H,12-13H2,1-11H3. The van der Waals surface area contributed by atoms with Crippen LogP contribution in [0.4, 0.5) is 22.7 Å². The fourth-order valence-electron chi connectivity index (χ4n) is 4.94. The summed E-state index contributed by atoms with van der Waals surface area (Å²) in [5, 5.41) is 0. The molecule has 3 nitrogen and oxygen atoms in total. The normalized spacial score (nSPS) is 13.0. The van der Waals surface area contributed by atoms with Gasteiger partial charge in [-0.1, -0.05) is 12.1 Å². The lowest BCUT2D eigenvalue weighted by molar-refractivity contribution is 0.249. The van der Waals surface area contributed by atoms with Gasteiger partial charge in [-0.2, -0.15) is 0 Å². The summed E-state index contributed by atoms with van der Waals surface area (Å²) in [5.41, 5.74) is 7.47. The van der Waals surface area contributed by atoms with E-state index in [4.69, 9.17) is 14.1 Å². The lowest BCUT2D eigenvalue weighted by Gasteiger charge is -2.52. The van der Waals surface area contributed by atoms with Gasteiger partial charge in [0.05, 0.1) is 24.2 Å². The van der Waals surface area contributed by atoms with E-state index >= 15 is 0 Å². The summed E-state index contributed by atoms with van der Waals surface area (Å²) in [6.45, 7) is 22.5. The Kier molecular flexibility index (Phi) is 7.90. The molecule has 0 heterocycles. The molecule has 0 N–H and O–H groups in total. The van der Waals surface area contributed by atoms with Crippen LogP contribution in [0.3, 0.4) is 0 Å². The lowest BCUT2D eigenvalue weighted by Crippen LogP contribution is -2.55. The Morgan fingerprint density at radius 1 is 0.594 bits per heavy atom. The van der Waals surface area contributed by atoms with Gasteiger partial charge in [-0.05, 0) is 92.5 Å². The maximum Gasteiger partial charge on any atom is 0.131 e. The summed E-state index contributed by atoms with van der Waals surface area (Å²) in [5.74, 6) is 0. The number of benzene rings is 2. The molecule has 32 heavy (non-hydrogen) atoms. The van der Waals surface area contributed by atoms with Crippen LogP contribution < -0.4 is 13.9 Å². The van der Waals surface area contributed by atoms with Crippen LogP contribution in [0.15, 0.2) is 36.4 Å². The summed E-state index contributed by atoms with van der Waals surface area (Å²) in [4.78, 5) is 2.36. The molecular formula is C29H47N3. The van der Waals surface area contributed by atoms with Crippen molar-refractivity contribution in [3.63, 3.8) is 0 Å². The first kappa shape index (κ1) is 26.4. The molecule has 0 saturated heterocycles. The SMILES string of the molecule is [CH2-][N+](c1cc(C)ccc1N(C)c1ccc(C)cc1[N+]([CH2-])(C(C)C)C(C)C)(C(C)C)C(C)C. The zero-order chi connectivity index (χ0) is 24.6. The van der Waals surface area contributed by atoms with E-state index in [9.17, 15) is 0 Å². The molecule has 0 radical (unpaired) electrons. The first-order valence-corrected chi connectivity index (χ1v) is 12.1. The largest absolute Gasteiger partial charge is 0.418 e. The van der Waals surface area contributed by atoms with E-state index < -0.39 is 0 Å². The first-order valence-electron chi connectivity index (χ1n) is 12.1. The van der Waals surface area contributed by atoms with Crippen LogP contribution in [-0.4, -0.2) is 31.2 Å². The van der Waals surface area contributed by atoms with Crippen LogP contribution in [0.5, 0.6) is 0 Å². The lowest BCUT2D eigenvalue weighted by atomic mass is 10.0. The Morgan fingerprint density at radius 2 is 0.875 bits per heavy atom. The minimum absolute atomic E-state index is 0.357. The van der Waals surface area contributed by atoms with Gasteiger partial charge in [-0.3, -0.25) is 0 Å². The highest BCUT2D eigenvalue weighted by Gasteiger charge is 2.34. The average Bonchev–Trinajstić information content (AvgIpc) is 2.71. The van der Waals surface area contributed by atoms with Gasteiger partial charge in [0, 0.05) is 19.2 Å². The third kappa shape index (κ3) is 4.47. The van der Waals surface area contributed by atoms with E-state index in [0.717, 1.165) is 0 Å². The molecule has 0 bridgehead atoms. The molecule has 2 rings (SSSR count). The van der Waals surface area contributed by atoms with Crippen LogP contribution in [0.2, 0.25) is 0 Å². The van der Waals surface area contributed by atoms with Gasteiger partial charge in [0.1, 0.15) is 22.7 Å². The number of quaternary nitrogens is 2. The van der Waals surface area contributed by atoms with E-state index in [1.807, 2.05) is 0 Å². The Labute approximate surface area is 198 Å². The smallest absolute Gasteiger partial charge is 0.131 e. The van der Waals surface area contributed by atoms with Gasteiger partial charge in [0.25, 0.3) is 0 Å². The Bertz CT molecular complexity index is 832. The average molecular weight is 438 g/mol. The zero-order valence-corrected chi connectivity index (χ0v) is 22.5. The maximum atomic E-state index is 4.75. The monoisotopic (exact) mass is 437 g/mol. The third-order valence-corrected chi connectivity index (χ3v) is 7.57. The van der Waals surface area contributed by atoms with Gasteiger partial charge in [0.15, 0.2) is 0 Å². The molecule has 0 atom stereocenters. The van der Waals surface area contributed by atoms with Crippen molar-refractivity contribution >= 4 is 22.7 Å². The number of anilines is 2. The van der Waals surface area contributed by atoms with E-state index in [0.29, 0.717) is 33.1 Å². The fraction of sp³-hybridized carbons (Fsp3) is 0.517. The van der Waals surface area contributed by atoms with Gasteiger partial charge in [0.2, 0.25) is 0 Å². The zero-order valence-electron chi connectivity index (χ0n) is 22.5. The molecule has 0 saturated carbocycles. The molecule has 0 aliphatic heterocycles. The van der Waals surface area contributed by atoms with Crippen molar-refractivity contribution in [1.82, 2.24) is 8.97 Å². The fourth-order valence-corrected chi connectivity index (χ4v) is 4.94. The predicted octanol–water partition coefficient (Wildman–Crippen LogP) is 7.90. The van der Waals surface area contributed by atoms with Crippen LogP contribution in [0.1, 0.15) is 66.5 Å². The summed E-state index contributed by atoms with van der Waals surface area (Å²) < 4.78 is 1.28. The summed E-state index contributed by atoms with van der Waals surface area (Å²) >= 11 is 0. The van der Waals surface area contributed by atoms with Crippen molar-refractivity contribution in [3.8, 4) is 0 Å². The summed E-state index contributed by atoms with van der Waals surface area (Å²) in [6, 6.07) is 15.0. The molecule has 0 aromatic heterocycles. The molecule has 2 aromatic rings. The second kappa shape index (κ2) is 9.57. The van der Waals surface area contributed by atoms with Crippen LogP contribution in [0.25, 0.3) is 0 Å². The number of rotatable bonds is 8. The Hall–Kier alpha value is -1.84. The minimum atomic E-state index is 0.357. The highest BCUT2D eigenvalue weighted by Crippen LogP contribution is 2.45. The maximum absolute atomic E-state index is 4.75. The van der Waals surface area contributed by atoms with Crippen molar-refractivity contribution in [2.24, 2.45) is 0 Å². The van der Waals surface area contributed by atoms with Crippen molar-refractivity contribution in [1.29, 1.82) is 0 Å². The molecule has 0 amide bonds. The third-order valence-electron chi connectivity index (χ3n) is 7.57. The van der Waals surface area contributed by atoms with E-state index in [1.54, 1.807) is 0 Å². The summed E-state index contributed by atoms with van der Waals surface area (Å²) in [6.07, 6.45) is 0. The van der Waals surface area contributed by atoms with Gasteiger partial charge >= 0.3 is 0 Å². The van der Waals surface area contributed by atoms with E-state index in [2.05, 4.69) is 118 Å². The Balaban J connectivity index is 2.83. The molecule has 178 valence electrons. The van der Waals surface area contributed by atoms with Crippen molar-refractivity contribution in [2.45, 2.75) is 93.4 Å². The predicted molar refractivity (Wildman–Crippen MR) is 145 cm³/mol. The van der Waals surface area contributed by atoms with Gasteiger partial charge in [-0.25, -0.2) is 0 Å². The molecule has 0 aliphatic carbocycles. The highest BCUT2D eigenvalue weighted by molar-refractivity contribution is 5.82. The van der Waals surface area contributed by atoms with Crippen molar-refractivity contribution in [3.05, 3.63) is 61.6 Å². The number of nitrogens with zero attached hydrogens (tertiary/aromatic N) is 3. The molecule has 0 fully saturated rings. The molecule has 3 heteroatoms. The van der Waals surface area contributed by atoms with Crippen molar-refractivity contribution < 1.29 is 0 Å². The van der Waals surface area contributed by atoms with Crippen LogP contribution >= 0.6 is 0 Å². The molecular weight excluding hydrogens is 390 g/mol. The van der Waals surface area contributed by atoms with Crippen LogP contribution in [-0.2, 0) is 0 Å². The van der Waals surface area contributed by atoms with Gasteiger partial charge in [-0.15, -0.1) is 14.1 Å². The van der Waals surface area contributed by atoms with E-state index in [1.165, 1.54) is 33.9 Å². The highest BCUT2D eigenvalue weighted by atomic mass is 15.4. The minimum Gasteiger partial charge on any atom is -0.418 e. The second-order valence-corrected chi connectivity index (χ2v) is 10.8. The quantitative estimate of drug-likeness (QED) is 0.299.